The molecule has 0 amide bonds. The number of hydrogen-bond donors (Lipinski definition) is 2. The van der Waals surface area contributed by atoms with Crippen molar-refractivity contribution in [3.8, 4) is 0 Å². The third-order valence-corrected chi connectivity index (χ3v) is 1.29. The van der Waals surface area contributed by atoms with Crippen molar-refractivity contribution in [1.82, 2.24) is 0 Å². The van der Waals surface area contributed by atoms with Gasteiger partial charge in [0.15, 0.2) is 0 Å². The number of aliphatic hydroxyl groups is 1. The SMILES string of the molecule is O=C(O)C(F)C(O)C(F)CCF. The minimum absolute atomic E-state index is 0.700. The van der Waals surface area contributed by atoms with Gasteiger partial charge in [0, 0.05) is 6.42 Å². The number of alkyl halides is 3. The number of hydrogen-bond acceptors (Lipinski definition) is 2. The molecule has 3 unspecified atom stereocenters. The molecule has 0 saturated carbocycles. The molecule has 0 heterocycles. The normalized spacial score (nSPS) is 18.3. The summed E-state index contributed by atoms with van der Waals surface area (Å²) in [6.45, 7) is -1.06. The Morgan fingerprint density at radius 3 is 2.25 bits per heavy atom. The number of carboxylic acids is 1. The van der Waals surface area contributed by atoms with E-state index in [2.05, 4.69) is 0 Å². The van der Waals surface area contributed by atoms with Crippen LogP contribution in [-0.4, -0.2) is 41.3 Å². The first-order chi connectivity index (χ1) is 5.50. The van der Waals surface area contributed by atoms with Gasteiger partial charge >= 0.3 is 5.97 Å². The lowest BCUT2D eigenvalue weighted by atomic mass is 10.1. The van der Waals surface area contributed by atoms with Crippen molar-refractivity contribution in [2.45, 2.75) is 24.9 Å². The zero-order chi connectivity index (χ0) is 9.72. The zero-order valence-corrected chi connectivity index (χ0v) is 6.08. The van der Waals surface area contributed by atoms with Gasteiger partial charge in [-0.3, -0.25) is 4.39 Å². The smallest absolute Gasteiger partial charge is 0.341 e. The maximum absolute atomic E-state index is 12.4. The van der Waals surface area contributed by atoms with Gasteiger partial charge in [0.05, 0.1) is 6.67 Å². The lowest BCUT2D eigenvalue weighted by molar-refractivity contribution is -0.149. The highest BCUT2D eigenvalue weighted by Gasteiger charge is 2.32. The van der Waals surface area contributed by atoms with Crippen molar-refractivity contribution < 1.29 is 28.2 Å². The highest BCUT2D eigenvalue weighted by Crippen LogP contribution is 2.11. The Kier molecular flexibility index (Phi) is 4.65. The number of aliphatic carboxylic acids is 1. The van der Waals surface area contributed by atoms with Crippen LogP contribution < -0.4 is 0 Å². The van der Waals surface area contributed by atoms with Gasteiger partial charge in [-0.1, -0.05) is 0 Å². The predicted octanol–water partition coefficient (Wildman–Crippen LogP) is 0.468. The van der Waals surface area contributed by atoms with Crippen LogP contribution in [0.1, 0.15) is 6.42 Å². The summed E-state index contributed by atoms with van der Waals surface area (Å²) in [5.74, 6) is -1.95. The quantitative estimate of drug-likeness (QED) is 0.656. The first-order valence-corrected chi connectivity index (χ1v) is 3.25. The monoisotopic (exact) mass is 186 g/mol. The Balaban J connectivity index is 3.99. The molecule has 0 aromatic rings. The molecule has 0 rings (SSSR count). The van der Waals surface area contributed by atoms with Gasteiger partial charge in [-0.15, -0.1) is 0 Å². The molecular weight excluding hydrogens is 177 g/mol. The molecule has 0 aliphatic heterocycles. The highest BCUT2D eigenvalue weighted by molar-refractivity contribution is 5.72. The van der Waals surface area contributed by atoms with Crippen LogP contribution in [0.25, 0.3) is 0 Å². The number of carbonyl (C=O) groups is 1. The van der Waals surface area contributed by atoms with Crippen LogP contribution in [0.5, 0.6) is 0 Å². The van der Waals surface area contributed by atoms with Crippen molar-refractivity contribution in [2.24, 2.45) is 0 Å². The first kappa shape index (κ1) is 11.2. The Bertz CT molecular complexity index is 153. The second kappa shape index (κ2) is 4.97. The van der Waals surface area contributed by atoms with E-state index < -0.39 is 37.5 Å². The molecule has 2 N–H and O–H groups in total. The average molecular weight is 186 g/mol. The predicted molar refractivity (Wildman–Crippen MR) is 34.0 cm³/mol. The molecule has 0 spiro atoms. The van der Waals surface area contributed by atoms with E-state index in [1.165, 1.54) is 0 Å². The van der Waals surface area contributed by atoms with E-state index in [1.54, 1.807) is 0 Å². The number of aliphatic hydroxyl groups excluding tert-OH is 1. The third kappa shape index (κ3) is 3.08. The van der Waals surface area contributed by atoms with Gasteiger partial charge in [-0.2, -0.15) is 0 Å². The Labute approximate surface area is 66.8 Å². The van der Waals surface area contributed by atoms with Gasteiger partial charge < -0.3 is 10.2 Å². The van der Waals surface area contributed by atoms with Crippen molar-refractivity contribution >= 4 is 5.97 Å². The molecule has 72 valence electrons. The molecule has 0 aliphatic rings. The lowest BCUT2D eigenvalue weighted by Crippen LogP contribution is -2.37. The fourth-order valence-electron chi connectivity index (χ4n) is 0.604. The molecule has 0 bridgehead atoms. The second-order valence-corrected chi connectivity index (χ2v) is 2.22. The van der Waals surface area contributed by atoms with Crippen LogP contribution in [-0.2, 0) is 4.79 Å². The fraction of sp³-hybridized carbons (Fsp3) is 0.833. The topological polar surface area (TPSA) is 57.5 Å². The van der Waals surface area contributed by atoms with E-state index in [1.807, 2.05) is 0 Å². The largest absolute Gasteiger partial charge is 0.479 e. The van der Waals surface area contributed by atoms with Gasteiger partial charge in [-0.05, 0) is 0 Å². The molecule has 0 aromatic carbocycles. The molecule has 0 aliphatic carbocycles. The molecular formula is C6H9F3O3. The minimum Gasteiger partial charge on any atom is -0.479 e. The summed E-state index contributed by atoms with van der Waals surface area (Å²) in [7, 11) is 0. The summed E-state index contributed by atoms with van der Waals surface area (Å²) in [4.78, 5) is 9.85. The fourth-order valence-corrected chi connectivity index (χ4v) is 0.604. The third-order valence-electron chi connectivity index (χ3n) is 1.29. The summed E-state index contributed by atoms with van der Waals surface area (Å²) >= 11 is 0. The molecule has 0 radical (unpaired) electrons. The van der Waals surface area contributed by atoms with Gasteiger partial charge in [-0.25, -0.2) is 13.6 Å². The van der Waals surface area contributed by atoms with Crippen LogP contribution in [0.4, 0.5) is 13.2 Å². The van der Waals surface area contributed by atoms with Crippen molar-refractivity contribution in [3.05, 3.63) is 0 Å². The molecule has 12 heavy (non-hydrogen) atoms. The molecule has 0 aromatic heterocycles. The molecule has 3 nitrogen and oxygen atoms in total. The van der Waals surface area contributed by atoms with E-state index in [0.717, 1.165) is 0 Å². The molecule has 0 fully saturated rings. The maximum atomic E-state index is 12.4. The van der Waals surface area contributed by atoms with Crippen LogP contribution in [0.2, 0.25) is 0 Å². The van der Waals surface area contributed by atoms with Crippen molar-refractivity contribution in [1.29, 1.82) is 0 Å². The molecule has 0 saturated heterocycles. The van der Waals surface area contributed by atoms with E-state index >= 15 is 0 Å². The number of rotatable bonds is 5. The number of halogens is 3. The van der Waals surface area contributed by atoms with Gasteiger partial charge in [0.1, 0.15) is 12.3 Å². The standard InChI is InChI=1S/C6H9F3O3/c7-2-1-3(8)5(10)4(9)6(11)12/h3-5,10H,1-2H2,(H,11,12). The van der Waals surface area contributed by atoms with Gasteiger partial charge in [0.25, 0.3) is 0 Å². The van der Waals surface area contributed by atoms with Crippen molar-refractivity contribution in [2.75, 3.05) is 6.67 Å². The average Bonchev–Trinajstić information content (AvgIpc) is 2.02. The summed E-state index contributed by atoms with van der Waals surface area (Å²) in [5, 5.41) is 16.6. The molecule has 3 atom stereocenters. The lowest BCUT2D eigenvalue weighted by Gasteiger charge is -2.15. The minimum atomic E-state index is -2.70. The summed E-state index contributed by atoms with van der Waals surface area (Å²) < 4.78 is 36.1. The maximum Gasteiger partial charge on any atom is 0.341 e. The Hall–Kier alpha value is -0.780. The van der Waals surface area contributed by atoms with Crippen LogP contribution in [0.15, 0.2) is 0 Å². The summed E-state index contributed by atoms with van der Waals surface area (Å²) in [6.07, 6.45) is -7.87. The van der Waals surface area contributed by atoms with E-state index in [4.69, 9.17) is 10.2 Å². The summed E-state index contributed by atoms with van der Waals surface area (Å²) in [6, 6.07) is 0. The van der Waals surface area contributed by atoms with Crippen LogP contribution in [0, 0.1) is 0 Å². The van der Waals surface area contributed by atoms with E-state index in [0.29, 0.717) is 0 Å². The summed E-state index contributed by atoms with van der Waals surface area (Å²) in [5.41, 5.74) is 0. The molecule has 6 heteroatoms. The number of carboxylic acid groups (broad SMARTS) is 1. The second-order valence-electron chi connectivity index (χ2n) is 2.22. The van der Waals surface area contributed by atoms with Gasteiger partial charge in [0.2, 0.25) is 6.17 Å². The van der Waals surface area contributed by atoms with E-state index in [9.17, 15) is 18.0 Å². The zero-order valence-electron chi connectivity index (χ0n) is 6.08. The highest BCUT2D eigenvalue weighted by atomic mass is 19.2. The first-order valence-electron chi connectivity index (χ1n) is 3.25. The van der Waals surface area contributed by atoms with Crippen LogP contribution >= 0.6 is 0 Å². The van der Waals surface area contributed by atoms with Crippen molar-refractivity contribution in [3.63, 3.8) is 0 Å². The Morgan fingerprint density at radius 1 is 1.42 bits per heavy atom. The van der Waals surface area contributed by atoms with Crippen LogP contribution in [0.3, 0.4) is 0 Å². The van der Waals surface area contributed by atoms with E-state index in [-0.39, 0.29) is 0 Å². The Morgan fingerprint density at radius 2 is 1.92 bits per heavy atom.